The molecule has 5 rings (SSSR count). The Kier molecular flexibility index (Phi) is 4.96. The maximum Gasteiger partial charge on any atom is 0.262 e. The lowest BCUT2D eigenvalue weighted by atomic mass is 9.97. The van der Waals surface area contributed by atoms with Gasteiger partial charge in [-0.25, -0.2) is 9.97 Å². The van der Waals surface area contributed by atoms with Gasteiger partial charge >= 0.3 is 0 Å². The Labute approximate surface area is 181 Å². The standard InChI is InChI=1S/C22H20N4O2S2/c1-14(27)26(16-7-3-2-4-8-16)22-24-15(12-29-22)11-25-13-23-20-19(21(25)28)17-9-5-6-10-18(17)30-20/h2-4,7-8,12-13H,5-6,9-11H2,1H3. The van der Waals surface area contributed by atoms with Crippen LogP contribution < -0.4 is 10.5 Å². The Morgan fingerprint density at radius 3 is 2.80 bits per heavy atom. The van der Waals surface area contributed by atoms with Gasteiger partial charge in [-0.3, -0.25) is 19.1 Å². The van der Waals surface area contributed by atoms with Crippen molar-refractivity contribution < 1.29 is 4.79 Å². The van der Waals surface area contributed by atoms with Crippen molar-refractivity contribution in [3.8, 4) is 0 Å². The molecule has 1 aromatic carbocycles. The first-order valence-corrected chi connectivity index (χ1v) is 11.6. The van der Waals surface area contributed by atoms with Crippen LogP contribution >= 0.6 is 22.7 Å². The van der Waals surface area contributed by atoms with Gasteiger partial charge < -0.3 is 0 Å². The lowest BCUT2D eigenvalue weighted by Crippen LogP contribution is -2.23. The number of thiophene rings is 1. The molecule has 0 radical (unpaired) electrons. The van der Waals surface area contributed by atoms with Crippen molar-refractivity contribution in [2.45, 2.75) is 39.2 Å². The Balaban J connectivity index is 1.48. The second-order valence-corrected chi connectivity index (χ2v) is 9.30. The summed E-state index contributed by atoms with van der Waals surface area (Å²) in [6, 6.07) is 9.45. The van der Waals surface area contributed by atoms with Gasteiger partial charge in [-0.05, 0) is 43.4 Å². The first-order chi connectivity index (χ1) is 14.6. The normalized spacial score (nSPS) is 13.4. The maximum atomic E-state index is 13.2. The molecule has 0 saturated heterocycles. The molecule has 0 fully saturated rings. The quantitative estimate of drug-likeness (QED) is 0.471. The Hall–Kier alpha value is -2.84. The van der Waals surface area contributed by atoms with Crippen LogP contribution in [0.5, 0.6) is 0 Å². The summed E-state index contributed by atoms with van der Waals surface area (Å²) in [7, 11) is 0. The highest BCUT2D eigenvalue weighted by molar-refractivity contribution is 7.18. The lowest BCUT2D eigenvalue weighted by Gasteiger charge is -2.17. The van der Waals surface area contributed by atoms with Crippen LogP contribution in [-0.2, 0) is 24.2 Å². The Morgan fingerprint density at radius 2 is 2.00 bits per heavy atom. The number of hydrogen-bond donors (Lipinski definition) is 0. The van der Waals surface area contributed by atoms with Crippen LogP contribution in [0.25, 0.3) is 10.2 Å². The summed E-state index contributed by atoms with van der Waals surface area (Å²) >= 11 is 3.05. The minimum atomic E-state index is -0.104. The summed E-state index contributed by atoms with van der Waals surface area (Å²) in [6.07, 6.45) is 5.94. The molecular formula is C22H20N4O2S2. The van der Waals surface area contributed by atoms with Gasteiger partial charge in [-0.1, -0.05) is 18.2 Å². The highest BCUT2D eigenvalue weighted by atomic mass is 32.1. The van der Waals surface area contributed by atoms with Gasteiger partial charge in [0, 0.05) is 17.2 Å². The highest BCUT2D eigenvalue weighted by Crippen LogP contribution is 2.33. The van der Waals surface area contributed by atoms with Crippen molar-refractivity contribution in [2.24, 2.45) is 0 Å². The number of anilines is 2. The van der Waals surface area contributed by atoms with E-state index in [0.717, 1.165) is 40.9 Å². The first kappa shape index (κ1) is 19.1. The van der Waals surface area contributed by atoms with E-state index in [0.29, 0.717) is 11.7 Å². The molecule has 0 unspecified atom stereocenters. The van der Waals surface area contributed by atoms with Gasteiger partial charge in [-0.15, -0.1) is 22.7 Å². The maximum absolute atomic E-state index is 13.2. The molecule has 152 valence electrons. The highest BCUT2D eigenvalue weighted by Gasteiger charge is 2.21. The van der Waals surface area contributed by atoms with Crippen molar-refractivity contribution in [1.29, 1.82) is 0 Å². The van der Waals surface area contributed by atoms with E-state index in [9.17, 15) is 9.59 Å². The van der Waals surface area contributed by atoms with Crippen LogP contribution in [0.4, 0.5) is 10.8 Å². The third-order valence-electron chi connectivity index (χ3n) is 5.33. The van der Waals surface area contributed by atoms with Crippen LogP contribution in [0.2, 0.25) is 0 Å². The number of carbonyl (C=O) groups excluding carboxylic acids is 1. The molecule has 3 aromatic heterocycles. The number of rotatable bonds is 4. The number of aromatic nitrogens is 3. The summed E-state index contributed by atoms with van der Waals surface area (Å²) in [4.78, 5) is 38.4. The van der Waals surface area contributed by atoms with Gasteiger partial charge in [0.15, 0.2) is 5.13 Å². The molecule has 4 aromatic rings. The fraction of sp³-hybridized carbons (Fsp3) is 0.273. The Bertz CT molecular complexity index is 1290. The second kappa shape index (κ2) is 7.77. The van der Waals surface area contributed by atoms with Gasteiger partial charge in [0.05, 0.1) is 29.6 Å². The number of hydrogen-bond acceptors (Lipinski definition) is 6. The monoisotopic (exact) mass is 436 g/mol. The zero-order valence-corrected chi connectivity index (χ0v) is 18.1. The number of aryl methyl sites for hydroxylation is 2. The third-order valence-corrected chi connectivity index (χ3v) is 7.41. The summed E-state index contributed by atoms with van der Waals surface area (Å²) in [5.74, 6) is -0.104. The van der Waals surface area contributed by atoms with Gasteiger partial charge in [-0.2, -0.15) is 0 Å². The molecule has 30 heavy (non-hydrogen) atoms. The van der Waals surface area contributed by atoms with E-state index in [-0.39, 0.29) is 11.5 Å². The van der Waals surface area contributed by atoms with Crippen molar-refractivity contribution in [3.05, 3.63) is 68.5 Å². The molecule has 6 nitrogen and oxygen atoms in total. The van der Waals surface area contributed by atoms with Crippen molar-refractivity contribution in [2.75, 3.05) is 4.90 Å². The number of carbonyl (C=O) groups is 1. The lowest BCUT2D eigenvalue weighted by molar-refractivity contribution is -0.115. The van der Waals surface area contributed by atoms with E-state index in [1.165, 1.54) is 35.1 Å². The van der Waals surface area contributed by atoms with Crippen LogP contribution in [-0.4, -0.2) is 20.4 Å². The van der Waals surface area contributed by atoms with E-state index in [2.05, 4.69) is 9.97 Å². The van der Waals surface area contributed by atoms with E-state index in [4.69, 9.17) is 0 Å². The molecule has 1 amide bonds. The summed E-state index contributed by atoms with van der Waals surface area (Å²) in [6.45, 7) is 1.86. The summed E-state index contributed by atoms with van der Waals surface area (Å²) in [5.41, 5.74) is 2.71. The van der Waals surface area contributed by atoms with Crippen LogP contribution in [0.15, 0.2) is 46.8 Å². The van der Waals surface area contributed by atoms with Gasteiger partial charge in [0.25, 0.3) is 5.56 Å². The number of nitrogens with zero attached hydrogens (tertiary/aromatic N) is 4. The molecule has 1 aliphatic carbocycles. The van der Waals surface area contributed by atoms with Crippen molar-refractivity contribution in [1.82, 2.24) is 14.5 Å². The van der Waals surface area contributed by atoms with Crippen LogP contribution in [0.3, 0.4) is 0 Å². The smallest absolute Gasteiger partial charge is 0.262 e. The van der Waals surface area contributed by atoms with E-state index in [1.807, 2.05) is 35.7 Å². The number of fused-ring (bicyclic) bond motifs is 3. The number of benzene rings is 1. The molecule has 0 aliphatic heterocycles. The molecule has 0 spiro atoms. The third kappa shape index (κ3) is 3.36. The molecule has 0 atom stereocenters. The zero-order chi connectivity index (χ0) is 20.7. The van der Waals surface area contributed by atoms with E-state index in [1.54, 1.807) is 27.1 Å². The molecule has 3 heterocycles. The van der Waals surface area contributed by atoms with E-state index >= 15 is 0 Å². The molecule has 8 heteroatoms. The Morgan fingerprint density at radius 1 is 1.20 bits per heavy atom. The fourth-order valence-corrected chi connectivity index (χ4v) is 6.04. The molecule has 0 bridgehead atoms. The van der Waals surface area contributed by atoms with Gasteiger partial charge in [0.1, 0.15) is 4.83 Å². The topological polar surface area (TPSA) is 68.1 Å². The number of para-hydroxylation sites is 1. The van der Waals surface area contributed by atoms with Crippen LogP contribution in [0, 0.1) is 0 Å². The van der Waals surface area contributed by atoms with E-state index < -0.39 is 0 Å². The predicted molar refractivity (Wildman–Crippen MR) is 121 cm³/mol. The molecule has 0 saturated carbocycles. The molecule has 1 aliphatic rings. The molecule has 0 N–H and O–H groups in total. The average molecular weight is 437 g/mol. The van der Waals surface area contributed by atoms with Gasteiger partial charge in [0.2, 0.25) is 5.91 Å². The minimum absolute atomic E-state index is 0.000401. The van der Waals surface area contributed by atoms with Crippen molar-refractivity contribution >= 4 is 49.6 Å². The average Bonchev–Trinajstić information content (AvgIpc) is 3.35. The minimum Gasteiger partial charge on any atom is -0.293 e. The summed E-state index contributed by atoms with van der Waals surface area (Å²) in [5, 5.41) is 3.27. The first-order valence-electron chi connectivity index (χ1n) is 9.91. The summed E-state index contributed by atoms with van der Waals surface area (Å²) < 4.78 is 1.63. The number of thiazole rings is 1. The number of amides is 1. The zero-order valence-electron chi connectivity index (χ0n) is 16.5. The van der Waals surface area contributed by atoms with Crippen molar-refractivity contribution in [3.63, 3.8) is 0 Å². The molecular weight excluding hydrogens is 416 g/mol. The van der Waals surface area contributed by atoms with Crippen LogP contribution in [0.1, 0.15) is 35.9 Å². The SMILES string of the molecule is CC(=O)N(c1ccccc1)c1nc(Cn2cnc3sc4c(c3c2=O)CCCC4)cs1. The predicted octanol–water partition coefficient (Wildman–Crippen LogP) is 4.53. The largest absolute Gasteiger partial charge is 0.293 e. The second-order valence-electron chi connectivity index (χ2n) is 7.38. The fourth-order valence-electron chi connectivity index (χ4n) is 3.94.